The second kappa shape index (κ2) is 9.16. The number of aromatic nitrogens is 3. The summed E-state index contributed by atoms with van der Waals surface area (Å²) in [6.07, 6.45) is 5.39. The Kier molecular flexibility index (Phi) is 6.40. The van der Waals surface area contributed by atoms with Crippen molar-refractivity contribution in [3.63, 3.8) is 0 Å². The molecule has 0 atom stereocenters. The molecule has 0 bridgehead atoms. The van der Waals surface area contributed by atoms with Crippen LogP contribution in [0.3, 0.4) is 0 Å². The minimum Gasteiger partial charge on any atom is -0.362 e. The lowest BCUT2D eigenvalue weighted by atomic mass is 10.2. The lowest BCUT2D eigenvalue weighted by molar-refractivity contribution is 0.370. The van der Waals surface area contributed by atoms with Crippen LogP contribution in [0.4, 0.5) is 11.8 Å². The summed E-state index contributed by atoms with van der Waals surface area (Å²) in [4.78, 5) is 24.6. The molecule has 2 aromatic rings. The molecule has 0 aliphatic carbocycles. The number of hydrogen-bond acceptors (Lipinski definition) is 6. The highest BCUT2D eigenvalue weighted by Crippen LogP contribution is 2.16. The first kappa shape index (κ1) is 18.9. The summed E-state index contributed by atoms with van der Waals surface area (Å²) in [6.45, 7) is 7.07. The van der Waals surface area contributed by atoms with Crippen molar-refractivity contribution in [3.8, 4) is 0 Å². The standard InChI is InChI=1S/C19H28N8/c1-4-20-18(24-15-16-7-5-8-21-17(16)25(2)3)26-11-13-27(14-12-26)19-22-9-6-10-23-19/h5-10H,4,11-15H2,1-3H3,(H,20,24). The summed E-state index contributed by atoms with van der Waals surface area (Å²) < 4.78 is 0. The zero-order valence-corrected chi connectivity index (χ0v) is 16.3. The summed E-state index contributed by atoms with van der Waals surface area (Å²) in [5.41, 5.74) is 1.12. The van der Waals surface area contributed by atoms with Crippen LogP contribution in [-0.2, 0) is 6.54 Å². The molecule has 2 aromatic heterocycles. The molecule has 144 valence electrons. The van der Waals surface area contributed by atoms with Gasteiger partial charge in [-0.2, -0.15) is 0 Å². The molecule has 1 fully saturated rings. The number of anilines is 2. The van der Waals surface area contributed by atoms with Gasteiger partial charge in [-0.3, -0.25) is 0 Å². The van der Waals surface area contributed by atoms with Crippen molar-refractivity contribution >= 4 is 17.7 Å². The van der Waals surface area contributed by atoms with Crippen LogP contribution >= 0.6 is 0 Å². The molecule has 0 radical (unpaired) electrons. The van der Waals surface area contributed by atoms with E-state index in [1.54, 1.807) is 12.4 Å². The Morgan fingerprint density at radius 1 is 1.07 bits per heavy atom. The van der Waals surface area contributed by atoms with Gasteiger partial charge in [-0.1, -0.05) is 6.07 Å². The van der Waals surface area contributed by atoms with Crippen LogP contribution in [0.2, 0.25) is 0 Å². The highest BCUT2D eigenvalue weighted by Gasteiger charge is 2.21. The topological polar surface area (TPSA) is 72.8 Å². The Hall–Kier alpha value is -2.90. The maximum absolute atomic E-state index is 4.86. The maximum Gasteiger partial charge on any atom is 0.225 e. The van der Waals surface area contributed by atoms with E-state index in [1.807, 2.05) is 37.3 Å². The zero-order valence-electron chi connectivity index (χ0n) is 16.3. The number of aliphatic imine (C=N–C) groups is 1. The van der Waals surface area contributed by atoms with Crippen molar-refractivity contribution in [3.05, 3.63) is 42.4 Å². The van der Waals surface area contributed by atoms with Gasteiger partial charge in [-0.15, -0.1) is 0 Å². The summed E-state index contributed by atoms with van der Waals surface area (Å²) in [7, 11) is 4.01. The van der Waals surface area contributed by atoms with Gasteiger partial charge in [0, 0.05) is 71.0 Å². The number of nitrogens with zero attached hydrogens (tertiary/aromatic N) is 7. The lowest BCUT2D eigenvalue weighted by Crippen LogP contribution is -2.53. The maximum atomic E-state index is 4.86. The third-order valence-electron chi connectivity index (χ3n) is 4.44. The summed E-state index contributed by atoms with van der Waals surface area (Å²) in [6, 6.07) is 5.89. The van der Waals surface area contributed by atoms with Crippen molar-refractivity contribution in [2.24, 2.45) is 4.99 Å². The van der Waals surface area contributed by atoms with Crippen LogP contribution in [0.5, 0.6) is 0 Å². The molecule has 8 nitrogen and oxygen atoms in total. The molecule has 1 N–H and O–H groups in total. The highest BCUT2D eigenvalue weighted by atomic mass is 15.4. The molecule has 1 saturated heterocycles. The van der Waals surface area contributed by atoms with E-state index in [-0.39, 0.29) is 0 Å². The summed E-state index contributed by atoms with van der Waals surface area (Å²) >= 11 is 0. The first-order valence-electron chi connectivity index (χ1n) is 9.35. The fraction of sp³-hybridized carbons (Fsp3) is 0.474. The van der Waals surface area contributed by atoms with Crippen molar-refractivity contribution in [2.45, 2.75) is 13.5 Å². The molecular weight excluding hydrogens is 340 g/mol. The minimum absolute atomic E-state index is 0.603. The lowest BCUT2D eigenvalue weighted by Gasteiger charge is -2.36. The highest BCUT2D eigenvalue weighted by molar-refractivity contribution is 5.80. The van der Waals surface area contributed by atoms with Gasteiger partial charge in [0.15, 0.2) is 5.96 Å². The van der Waals surface area contributed by atoms with Gasteiger partial charge in [0.25, 0.3) is 0 Å². The van der Waals surface area contributed by atoms with E-state index < -0.39 is 0 Å². The normalized spacial score (nSPS) is 15.0. The molecule has 8 heteroatoms. The predicted molar refractivity (Wildman–Crippen MR) is 109 cm³/mol. The van der Waals surface area contributed by atoms with Gasteiger partial charge in [0.2, 0.25) is 5.95 Å². The van der Waals surface area contributed by atoms with E-state index in [2.05, 4.69) is 43.1 Å². The first-order chi connectivity index (χ1) is 13.2. The summed E-state index contributed by atoms with van der Waals surface area (Å²) in [5, 5.41) is 3.42. The van der Waals surface area contributed by atoms with Crippen LogP contribution < -0.4 is 15.1 Å². The Bertz CT molecular complexity index is 738. The van der Waals surface area contributed by atoms with Crippen molar-refractivity contribution < 1.29 is 0 Å². The zero-order chi connectivity index (χ0) is 19.1. The van der Waals surface area contributed by atoms with Gasteiger partial charge >= 0.3 is 0 Å². The number of guanidine groups is 1. The van der Waals surface area contributed by atoms with Crippen LogP contribution in [0.15, 0.2) is 41.8 Å². The number of nitrogens with one attached hydrogen (secondary N) is 1. The Morgan fingerprint density at radius 2 is 1.78 bits per heavy atom. The quantitative estimate of drug-likeness (QED) is 0.628. The minimum atomic E-state index is 0.603. The average molecular weight is 368 g/mol. The van der Waals surface area contributed by atoms with Crippen LogP contribution in [0.1, 0.15) is 12.5 Å². The molecule has 0 saturated carbocycles. The first-order valence-corrected chi connectivity index (χ1v) is 9.35. The van der Waals surface area contributed by atoms with Gasteiger partial charge in [-0.25, -0.2) is 19.9 Å². The van der Waals surface area contributed by atoms with E-state index in [4.69, 9.17) is 4.99 Å². The van der Waals surface area contributed by atoms with E-state index >= 15 is 0 Å². The average Bonchev–Trinajstić information content (AvgIpc) is 2.72. The number of hydrogen-bond donors (Lipinski definition) is 1. The third-order valence-corrected chi connectivity index (χ3v) is 4.44. The van der Waals surface area contributed by atoms with Crippen LogP contribution in [-0.4, -0.2) is 72.6 Å². The second-order valence-electron chi connectivity index (χ2n) is 6.57. The fourth-order valence-corrected chi connectivity index (χ4v) is 3.12. The van der Waals surface area contributed by atoms with Gasteiger partial charge in [0.1, 0.15) is 5.82 Å². The van der Waals surface area contributed by atoms with Gasteiger partial charge in [-0.05, 0) is 19.1 Å². The monoisotopic (exact) mass is 368 g/mol. The number of rotatable bonds is 5. The molecule has 0 amide bonds. The van der Waals surface area contributed by atoms with Crippen LogP contribution in [0, 0.1) is 0 Å². The molecule has 0 spiro atoms. The molecule has 27 heavy (non-hydrogen) atoms. The van der Waals surface area contributed by atoms with E-state index in [0.29, 0.717) is 6.54 Å². The third kappa shape index (κ3) is 4.84. The largest absolute Gasteiger partial charge is 0.362 e. The Balaban J connectivity index is 1.67. The second-order valence-corrected chi connectivity index (χ2v) is 6.57. The van der Waals surface area contributed by atoms with Crippen LogP contribution in [0.25, 0.3) is 0 Å². The molecule has 3 rings (SSSR count). The fourth-order valence-electron chi connectivity index (χ4n) is 3.12. The molecule has 1 aliphatic heterocycles. The van der Waals surface area contributed by atoms with Gasteiger partial charge in [0.05, 0.1) is 6.54 Å². The predicted octanol–water partition coefficient (Wildman–Crippen LogP) is 1.23. The molecular formula is C19H28N8. The molecule has 0 unspecified atom stereocenters. The number of piperazine rings is 1. The van der Waals surface area contributed by atoms with Crippen molar-refractivity contribution in [1.29, 1.82) is 0 Å². The SMILES string of the molecule is CCNC(=NCc1cccnc1N(C)C)N1CCN(c2ncccn2)CC1. The van der Waals surface area contributed by atoms with Crippen molar-refractivity contribution in [1.82, 2.24) is 25.2 Å². The molecule has 0 aromatic carbocycles. The van der Waals surface area contributed by atoms with E-state index in [1.165, 1.54) is 0 Å². The van der Waals surface area contributed by atoms with Crippen molar-refractivity contribution in [2.75, 3.05) is 56.6 Å². The smallest absolute Gasteiger partial charge is 0.225 e. The summed E-state index contributed by atoms with van der Waals surface area (Å²) in [5.74, 6) is 2.70. The Morgan fingerprint density at radius 3 is 2.44 bits per heavy atom. The van der Waals surface area contributed by atoms with E-state index in [9.17, 15) is 0 Å². The number of pyridine rings is 1. The molecule has 3 heterocycles. The van der Waals surface area contributed by atoms with E-state index in [0.717, 1.165) is 56.0 Å². The Labute approximate surface area is 161 Å². The molecule has 1 aliphatic rings. The van der Waals surface area contributed by atoms with Gasteiger partial charge < -0.3 is 20.0 Å².